The van der Waals surface area contributed by atoms with Gasteiger partial charge in [0.05, 0.1) is 16.6 Å². The zero-order chi connectivity index (χ0) is 24.3. The first kappa shape index (κ1) is 24.5. The molecule has 0 saturated carbocycles. The fraction of sp³-hybridized carbons (Fsp3) is 0.296. The van der Waals surface area contributed by atoms with E-state index >= 15 is 0 Å². The van der Waals surface area contributed by atoms with E-state index in [2.05, 4.69) is 24.4 Å². The summed E-state index contributed by atoms with van der Waals surface area (Å²) in [6.07, 6.45) is 0. The molecule has 0 aliphatic heterocycles. The third-order valence-corrected chi connectivity index (χ3v) is 7.91. The summed E-state index contributed by atoms with van der Waals surface area (Å²) in [7, 11) is -3.93. The Bertz CT molecular complexity index is 1270. The molecule has 1 amide bonds. The molecule has 0 fully saturated rings. The highest BCUT2D eigenvalue weighted by molar-refractivity contribution is 7.92. The van der Waals surface area contributed by atoms with Crippen molar-refractivity contribution in [1.29, 1.82) is 0 Å². The summed E-state index contributed by atoms with van der Waals surface area (Å²) in [6.45, 7) is 11.6. The fourth-order valence-electron chi connectivity index (χ4n) is 3.86. The summed E-state index contributed by atoms with van der Waals surface area (Å²) in [5, 5.41) is 2.99. The number of amides is 1. The highest BCUT2D eigenvalue weighted by Crippen LogP contribution is 2.26. The number of hydrogen-bond acceptors (Lipinski definition) is 3. The standard InChI is InChI=1S/C27H32N2O3S/c1-18-12-13-24(15-20(18)3)29(33(31,32)25-10-8-7-9-11-25)17-27(30)28-23(6)26-16-21(4)19(2)14-22(26)5/h7-16,23H,17H2,1-6H3,(H,28,30)/t23-/m1/s1. The molecule has 3 aromatic carbocycles. The van der Waals surface area contributed by atoms with Gasteiger partial charge in [0.1, 0.15) is 6.54 Å². The van der Waals surface area contributed by atoms with Gasteiger partial charge in [-0.2, -0.15) is 0 Å². The van der Waals surface area contributed by atoms with E-state index in [1.165, 1.54) is 9.87 Å². The van der Waals surface area contributed by atoms with Crippen molar-refractivity contribution < 1.29 is 13.2 Å². The summed E-state index contributed by atoms with van der Waals surface area (Å²) < 4.78 is 28.2. The van der Waals surface area contributed by atoms with E-state index in [4.69, 9.17) is 0 Å². The molecule has 5 nitrogen and oxygen atoms in total. The fourth-order valence-corrected chi connectivity index (χ4v) is 5.29. The molecule has 0 aliphatic rings. The van der Waals surface area contributed by atoms with Gasteiger partial charge in [0.25, 0.3) is 10.0 Å². The molecule has 0 heterocycles. The number of sulfonamides is 1. The van der Waals surface area contributed by atoms with Crippen molar-refractivity contribution in [2.24, 2.45) is 0 Å². The quantitative estimate of drug-likeness (QED) is 0.516. The van der Waals surface area contributed by atoms with E-state index in [0.29, 0.717) is 5.69 Å². The van der Waals surface area contributed by atoms with Gasteiger partial charge in [-0.1, -0.05) is 36.4 Å². The third kappa shape index (κ3) is 5.45. The van der Waals surface area contributed by atoms with Crippen LogP contribution in [-0.2, 0) is 14.8 Å². The lowest BCUT2D eigenvalue weighted by Gasteiger charge is -2.26. The molecule has 0 bridgehead atoms. The molecule has 6 heteroatoms. The Morgan fingerprint density at radius 3 is 2.06 bits per heavy atom. The minimum Gasteiger partial charge on any atom is -0.348 e. The minimum absolute atomic E-state index is 0.147. The number of anilines is 1. The van der Waals surface area contributed by atoms with E-state index < -0.39 is 10.0 Å². The molecule has 174 valence electrons. The van der Waals surface area contributed by atoms with E-state index in [0.717, 1.165) is 27.8 Å². The highest BCUT2D eigenvalue weighted by atomic mass is 32.2. The predicted molar refractivity (Wildman–Crippen MR) is 134 cm³/mol. The van der Waals surface area contributed by atoms with Crippen LogP contribution in [0.15, 0.2) is 65.6 Å². The summed E-state index contributed by atoms with van der Waals surface area (Å²) in [6, 6.07) is 17.6. The third-order valence-electron chi connectivity index (χ3n) is 6.12. The van der Waals surface area contributed by atoms with E-state index in [9.17, 15) is 13.2 Å². The first-order chi connectivity index (χ1) is 15.5. The van der Waals surface area contributed by atoms with Crippen LogP contribution in [0.25, 0.3) is 0 Å². The SMILES string of the molecule is Cc1ccc(N(CC(=O)N[C@H](C)c2cc(C)c(C)cc2C)S(=O)(=O)c2ccccc2)cc1C. The Balaban J connectivity index is 1.92. The zero-order valence-electron chi connectivity index (χ0n) is 20.1. The van der Waals surface area contributed by atoms with Crippen molar-refractivity contribution in [1.82, 2.24) is 5.32 Å². The molecular formula is C27H32N2O3S. The lowest BCUT2D eigenvalue weighted by Crippen LogP contribution is -2.41. The van der Waals surface area contributed by atoms with E-state index in [1.54, 1.807) is 42.5 Å². The topological polar surface area (TPSA) is 66.5 Å². The average Bonchev–Trinajstić information content (AvgIpc) is 2.77. The summed E-state index contributed by atoms with van der Waals surface area (Å²) >= 11 is 0. The van der Waals surface area contributed by atoms with E-state index in [1.807, 2.05) is 40.7 Å². The number of benzene rings is 3. The molecule has 0 unspecified atom stereocenters. The van der Waals surface area contributed by atoms with Gasteiger partial charge in [-0.3, -0.25) is 9.10 Å². The van der Waals surface area contributed by atoms with Crippen LogP contribution in [0.2, 0.25) is 0 Å². The first-order valence-corrected chi connectivity index (χ1v) is 12.5. The normalized spacial score (nSPS) is 12.3. The van der Waals surface area contributed by atoms with Crippen molar-refractivity contribution in [3.05, 3.63) is 94.0 Å². The van der Waals surface area contributed by atoms with Crippen molar-refractivity contribution in [3.8, 4) is 0 Å². The van der Waals surface area contributed by atoms with Crippen LogP contribution < -0.4 is 9.62 Å². The predicted octanol–water partition coefficient (Wildman–Crippen LogP) is 5.30. The van der Waals surface area contributed by atoms with Gasteiger partial charge >= 0.3 is 0 Å². The Morgan fingerprint density at radius 1 is 0.818 bits per heavy atom. The Kier molecular flexibility index (Phi) is 7.28. The molecule has 0 spiro atoms. The van der Waals surface area contributed by atoms with E-state index in [-0.39, 0.29) is 23.4 Å². The van der Waals surface area contributed by atoms with Gasteiger partial charge < -0.3 is 5.32 Å². The number of hydrogen-bond donors (Lipinski definition) is 1. The van der Waals surface area contributed by atoms with Crippen LogP contribution in [0.5, 0.6) is 0 Å². The molecule has 0 saturated heterocycles. The van der Waals surface area contributed by atoms with Gasteiger partial charge in [0.2, 0.25) is 5.91 Å². The number of nitrogens with zero attached hydrogens (tertiary/aromatic N) is 1. The zero-order valence-corrected chi connectivity index (χ0v) is 21.0. The Hall–Kier alpha value is -3.12. The molecule has 0 aromatic heterocycles. The van der Waals surface area contributed by atoms with Crippen LogP contribution in [0.4, 0.5) is 5.69 Å². The molecule has 3 rings (SSSR count). The number of carbonyl (C=O) groups is 1. The average molecular weight is 465 g/mol. The Labute approximate surface area is 197 Å². The van der Waals surface area contributed by atoms with Crippen LogP contribution in [0, 0.1) is 34.6 Å². The number of rotatable bonds is 7. The second kappa shape index (κ2) is 9.79. The maximum Gasteiger partial charge on any atom is 0.264 e. The lowest BCUT2D eigenvalue weighted by atomic mass is 9.96. The van der Waals surface area contributed by atoms with Gasteiger partial charge in [-0.15, -0.1) is 0 Å². The monoisotopic (exact) mass is 464 g/mol. The van der Waals surface area contributed by atoms with Gasteiger partial charge in [0.15, 0.2) is 0 Å². The second-order valence-corrected chi connectivity index (χ2v) is 10.5. The van der Waals surface area contributed by atoms with Crippen LogP contribution in [-0.4, -0.2) is 20.9 Å². The number of carbonyl (C=O) groups excluding carboxylic acids is 1. The molecule has 3 aromatic rings. The van der Waals surface area contributed by atoms with Crippen LogP contribution >= 0.6 is 0 Å². The van der Waals surface area contributed by atoms with Gasteiger partial charge in [-0.05, 0) is 99.2 Å². The smallest absolute Gasteiger partial charge is 0.264 e. The molecule has 1 atom stereocenters. The number of nitrogens with one attached hydrogen (secondary N) is 1. The minimum atomic E-state index is -3.93. The van der Waals surface area contributed by atoms with Gasteiger partial charge in [-0.25, -0.2) is 8.42 Å². The Morgan fingerprint density at radius 2 is 1.42 bits per heavy atom. The molecule has 0 radical (unpaired) electrons. The summed E-state index contributed by atoms with van der Waals surface area (Å²) in [5.41, 5.74) is 6.94. The maximum atomic E-state index is 13.5. The molecular weight excluding hydrogens is 432 g/mol. The maximum absolute atomic E-state index is 13.5. The second-order valence-electron chi connectivity index (χ2n) is 8.68. The van der Waals surface area contributed by atoms with Crippen molar-refractivity contribution in [2.75, 3.05) is 10.8 Å². The summed E-state index contributed by atoms with van der Waals surface area (Å²) in [4.78, 5) is 13.2. The van der Waals surface area contributed by atoms with Crippen LogP contribution in [0.1, 0.15) is 46.3 Å². The van der Waals surface area contributed by atoms with Crippen molar-refractivity contribution in [2.45, 2.75) is 52.5 Å². The van der Waals surface area contributed by atoms with Crippen molar-refractivity contribution in [3.63, 3.8) is 0 Å². The highest BCUT2D eigenvalue weighted by Gasteiger charge is 2.28. The lowest BCUT2D eigenvalue weighted by molar-refractivity contribution is -0.120. The summed E-state index contributed by atoms with van der Waals surface area (Å²) in [5.74, 6) is -0.363. The molecule has 1 N–H and O–H groups in total. The first-order valence-electron chi connectivity index (χ1n) is 11.0. The van der Waals surface area contributed by atoms with Gasteiger partial charge in [0, 0.05) is 0 Å². The number of aryl methyl sites for hydroxylation is 5. The van der Waals surface area contributed by atoms with Crippen molar-refractivity contribution >= 4 is 21.6 Å². The molecule has 33 heavy (non-hydrogen) atoms. The van der Waals surface area contributed by atoms with Crippen LogP contribution in [0.3, 0.4) is 0 Å². The largest absolute Gasteiger partial charge is 0.348 e. The molecule has 0 aliphatic carbocycles.